The van der Waals surface area contributed by atoms with Gasteiger partial charge in [-0.3, -0.25) is 9.78 Å². The van der Waals surface area contributed by atoms with Crippen molar-refractivity contribution in [3.05, 3.63) is 53.0 Å². The molecule has 4 rings (SSSR count). The van der Waals surface area contributed by atoms with E-state index in [1.807, 2.05) is 13.8 Å². The second kappa shape index (κ2) is 14.2. The number of carbonyl (C=O) groups is 2. The Morgan fingerprint density at radius 3 is 2.71 bits per heavy atom. The van der Waals surface area contributed by atoms with Crippen LogP contribution in [0, 0.1) is 0 Å². The lowest BCUT2D eigenvalue weighted by atomic mass is 9.91. The Morgan fingerprint density at radius 2 is 2.00 bits per heavy atom. The van der Waals surface area contributed by atoms with Gasteiger partial charge in [0.15, 0.2) is 0 Å². The van der Waals surface area contributed by atoms with Gasteiger partial charge in [-0.05, 0) is 75.1 Å². The lowest BCUT2D eigenvalue weighted by Gasteiger charge is -2.22. The molecule has 1 saturated carbocycles. The van der Waals surface area contributed by atoms with Gasteiger partial charge in [-0.1, -0.05) is 26.0 Å². The van der Waals surface area contributed by atoms with Crippen LogP contribution in [0.3, 0.4) is 0 Å². The molecule has 3 N–H and O–H groups in total. The number of amides is 1. The Balaban J connectivity index is 0.00000195. The first-order chi connectivity index (χ1) is 18.4. The van der Waals surface area contributed by atoms with Crippen molar-refractivity contribution in [2.45, 2.75) is 89.8 Å². The number of nitrogens with zero attached hydrogens (tertiary/aromatic N) is 2. The number of anilines is 1. The lowest BCUT2D eigenvalue weighted by Crippen LogP contribution is -2.46. The van der Waals surface area contributed by atoms with Gasteiger partial charge in [-0.25, -0.2) is 14.2 Å². The number of unbranched alkanes of at least 4 members (excludes halogenated alkanes) is 1. The largest absolute Gasteiger partial charge is 0.480 e. The zero-order valence-electron chi connectivity index (χ0n) is 22.8. The van der Waals surface area contributed by atoms with Gasteiger partial charge in [-0.2, -0.15) is 0 Å². The van der Waals surface area contributed by atoms with Gasteiger partial charge in [-0.15, -0.1) is 0 Å². The molecule has 2 aromatic rings. The number of carboxylic acid groups (broad SMARTS) is 1. The van der Waals surface area contributed by atoms with Crippen molar-refractivity contribution in [1.82, 2.24) is 15.3 Å². The molecular formula is C29H41FN4O4. The summed E-state index contributed by atoms with van der Waals surface area (Å²) >= 11 is 0. The molecule has 9 heteroatoms. The average Bonchev–Trinajstić information content (AvgIpc) is 3.75. The van der Waals surface area contributed by atoms with E-state index in [4.69, 9.17) is 9.72 Å². The number of ether oxygens (including phenoxy) is 1. The highest BCUT2D eigenvalue weighted by molar-refractivity contribution is 5.94. The molecule has 1 amide bonds. The minimum Gasteiger partial charge on any atom is -0.480 e. The highest BCUT2D eigenvalue weighted by Gasteiger charge is 2.53. The van der Waals surface area contributed by atoms with Gasteiger partial charge < -0.3 is 20.5 Å². The van der Waals surface area contributed by atoms with E-state index in [0.29, 0.717) is 25.0 Å². The van der Waals surface area contributed by atoms with E-state index in [2.05, 4.69) is 27.8 Å². The molecule has 0 spiro atoms. The standard InChI is InChI=1S/C27H35FN4O4.C2H6/c1-18(28)23-21(8-5-14-29-23)27(12-13-27)26(35)32-22(25(33)34)11-17-36-16-3-2-7-20-10-9-19-6-4-15-30-24(19)31-20;1-2/h5,8-10,14,18,22H,2-4,6-7,11-13,15-17H2,1H3,(H,30,31)(H,32,35)(H,33,34);1-2H3. The van der Waals surface area contributed by atoms with E-state index in [1.165, 1.54) is 18.7 Å². The third-order valence-corrected chi connectivity index (χ3v) is 6.99. The molecule has 38 heavy (non-hydrogen) atoms. The summed E-state index contributed by atoms with van der Waals surface area (Å²) in [6.45, 7) is 7.10. The maximum absolute atomic E-state index is 14.1. The highest BCUT2D eigenvalue weighted by Crippen LogP contribution is 2.50. The number of aromatic nitrogens is 2. The topological polar surface area (TPSA) is 113 Å². The van der Waals surface area contributed by atoms with Crippen LogP contribution in [-0.2, 0) is 32.6 Å². The van der Waals surface area contributed by atoms with Crippen LogP contribution in [0.1, 0.15) is 88.0 Å². The molecule has 0 bridgehead atoms. The molecular weight excluding hydrogens is 487 g/mol. The molecule has 3 heterocycles. The van der Waals surface area contributed by atoms with Crippen molar-refractivity contribution in [2.75, 3.05) is 25.1 Å². The van der Waals surface area contributed by atoms with Crippen molar-refractivity contribution in [3.8, 4) is 0 Å². The predicted octanol–water partition coefficient (Wildman–Crippen LogP) is 4.92. The number of nitrogens with one attached hydrogen (secondary N) is 2. The number of halogens is 1. The lowest BCUT2D eigenvalue weighted by molar-refractivity contribution is -0.142. The molecule has 0 saturated heterocycles. The number of rotatable bonds is 13. The Kier molecular flexibility index (Phi) is 11.0. The van der Waals surface area contributed by atoms with Crippen LogP contribution >= 0.6 is 0 Å². The number of carboxylic acids is 1. The SMILES string of the molecule is CC.CC(F)c1ncccc1C1(C(=O)NC(CCOCCCCc2ccc3c(n2)NCCC3)C(=O)O)CC1. The van der Waals surface area contributed by atoms with Crippen molar-refractivity contribution in [2.24, 2.45) is 0 Å². The summed E-state index contributed by atoms with van der Waals surface area (Å²) in [7, 11) is 0. The van der Waals surface area contributed by atoms with Crippen LogP contribution in [0.15, 0.2) is 30.5 Å². The third kappa shape index (κ3) is 7.49. The molecule has 2 aromatic heterocycles. The molecule has 208 valence electrons. The molecule has 2 unspecified atom stereocenters. The van der Waals surface area contributed by atoms with E-state index in [-0.39, 0.29) is 18.7 Å². The van der Waals surface area contributed by atoms with Gasteiger partial charge in [0, 0.05) is 38.1 Å². The molecule has 1 aliphatic carbocycles. The van der Waals surface area contributed by atoms with Crippen molar-refractivity contribution >= 4 is 17.7 Å². The van der Waals surface area contributed by atoms with Crippen LogP contribution in [0.5, 0.6) is 0 Å². The van der Waals surface area contributed by atoms with Crippen LogP contribution in [0.4, 0.5) is 10.2 Å². The van der Waals surface area contributed by atoms with Gasteiger partial charge in [0.25, 0.3) is 0 Å². The Labute approximate surface area is 224 Å². The van der Waals surface area contributed by atoms with E-state index in [1.54, 1.807) is 12.1 Å². The molecule has 1 aliphatic heterocycles. The Bertz CT molecular complexity index is 1070. The van der Waals surface area contributed by atoms with E-state index in [9.17, 15) is 19.1 Å². The number of alkyl halides is 1. The molecule has 8 nitrogen and oxygen atoms in total. The van der Waals surface area contributed by atoms with E-state index < -0.39 is 29.5 Å². The molecule has 0 aromatic carbocycles. The second-order valence-electron chi connectivity index (χ2n) is 9.70. The Morgan fingerprint density at radius 1 is 1.21 bits per heavy atom. The maximum atomic E-state index is 14.1. The van der Waals surface area contributed by atoms with Gasteiger partial charge in [0.1, 0.15) is 18.0 Å². The molecule has 1 fully saturated rings. The number of hydrogen-bond acceptors (Lipinski definition) is 6. The smallest absolute Gasteiger partial charge is 0.326 e. The molecule has 2 aliphatic rings. The first-order valence-corrected chi connectivity index (χ1v) is 13.8. The van der Waals surface area contributed by atoms with Crippen molar-refractivity contribution < 1.29 is 23.8 Å². The highest BCUT2D eigenvalue weighted by atomic mass is 19.1. The predicted molar refractivity (Wildman–Crippen MR) is 145 cm³/mol. The maximum Gasteiger partial charge on any atom is 0.326 e. The summed E-state index contributed by atoms with van der Waals surface area (Å²) in [4.78, 5) is 33.6. The third-order valence-electron chi connectivity index (χ3n) is 6.99. The van der Waals surface area contributed by atoms with E-state index in [0.717, 1.165) is 50.2 Å². The van der Waals surface area contributed by atoms with Crippen LogP contribution in [-0.4, -0.2) is 52.8 Å². The van der Waals surface area contributed by atoms with Crippen LogP contribution < -0.4 is 10.6 Å². The van der Waals surface area contributed by atoms with Gasteiger partial charge >= 0.3 is 5.97 Å². The number of carbonyl (C=O) groups excluding carboxylic acids is 1. The first-order valence-electron chi connectivity index (χ1n) is 13.8. The minimum absolute atomic E-state index is 0.161. The van der Waals surface area contributed by atoms with Crippen molar-refractivity contribution in [1.29, 1.82) is 0 Å². The minimum atomic E-state index is -1.31. The Hall–Kier alpha value is -3.07. The summed E-state index contributed by atoms with van der Waals surface area (Å²) in [6.07, 6.45) is 6.28. The molecule has 0 radical (unpaired) electrons. The summed E-state index contributed by atoms with van der Waals surface area (Å²) in [5.74, 6) is -0.499. The number of fused-ring (bicyclic) bond motifs is 1. The normalized spacial score (nSPS) is 16.6. The zero-order valence-corrected chi connectivity index (χ0v) is 22.8. The number of hydrogen-bond donors (Lipinski definition) is 3. The average molecular weight is 529 g/mol. The summed E-state index contributed by atoms with van der Waals surface area (Å²) < 4.78 is 19.7. The summed E-state index contributed by atoms with van der Waals surface area (Å²) in [6, 6.07) is 6.56. The fourth-order valence-electron chi connectivity index (χ4n) is 4.76. The van der Waals surface area contributed by atoms with Crippen LogP contribution in [0.25, 0.3) is 0 Å². The number of aliphatic carboxylic acids is 1. The summed E-state index contributed by atoms with van der Waals surface area (Å²) in [5.41, 5.74) is 2.21. The zero-order chi connectivity index (χ0) is 27.5. The molecule has 2 atom stereocenters. The first kappa shape index (κ1) is 29.5. The number of pyridine rings is 2. The second-order valence-corrected chi connectivity index (χ2v) is 9.70. The summed E-state index contributed by atoms with van der Waals surface area (Å²) in [5, 5.41) is 15.6. The van der Waals surface area contributed by atoms with E-state index >= 15 is 0 Å². The van der Waals surface area contributed by atoms with Gasteiger partial charge in [0.2, 0.25) is 5.91 Å². The fourth-order valence-corrected chi connectivity index (χ4v) is 4.76. The quantitative estimate of drug-likeness (QED) is 0.316. The van der Waals surface area contributed by atoms with Gasteiger partial charge in [0.05, 0.1) is 11.1 Å². The monoisotopic (exact) mass is 528 g/mol. The number of aryl methyl sites for hydroxylation is 2. The fraction of sp³-hybridized carbons (Fsp3) is 0.586. The van der Waals surface area contributed by atoms with Crippen molar-refractivity contribution in [3.63, 3.8) is 0 Å². The van der Waals surface area contributed by atoms with Crippen LogP contribution in [0.2, 0.25) is 0 Å².